The van der Waals surface area contributed by atoms with Crippen LogP contribution in [0.5, 0.6) is 0 Å². The molecule has 0 amide bonds. The molecule has 0 radical (unpaired) electrons. The Morgan fingerprint density at radius 3 is 2.79 bits per heavy atom. The molecule has 1 aromatic rings. The number of anilines is 1. The minimum absolute atomic E-state index is 0.341. The van der Waals surface area contributed by atoms with Crippen LogP contribution in [0.15, 0.2) is 24.3 Å². The van der Waals surface area contributed by atoms with Crippen molar-refractivity contribution in [3.8, 4) is 0 Å². The largest absolute Gasteiger partial charge is 0.478 e. The van der Waals surface area contributed by atoms with E-state index in [9.17, 15) is 4.79 Å². The van der Waals surface area contributed by atoms with E-state index in [2.05, 4.69) is 26.1 Å². The quantitative estimate of drug-likeness (QED) is 0.864. The lowest BCUT2D eigenvalue weighted by Crippen LogP contribution is -2.36. The number of aromatic carboxylic acids is 1. The summed E-state index contributed by atoms with van der Waals surface area (Å²) in [5.41, 5.74) is 1.69. The molecule has 2 N–H and O–H groups in total. The van der Waals surface area contributed by atoms with Gasteiger partial charge in [0.1, 0.15) is 0 Å². The number of carbonyl (C=O) groups is 1. The molecule has 104 valence electrons. The number of carboxylic acid groups (broad SMARTS) is 1. The van der Waals surface area contributed by atoms with Gasteiger partial charge in [-0.1, -0.05) is 26.8 Å². The molecule has 3 nitrogen and oxygen atoms in total. The van der Waals surface area contributed by atoms with Crippen LogP contribution in [0.3, 0.4) is 0 Å². The molecule has 1 aromatic carbocycles. The van der Waals surface area contributed by atoms with Gasteiger partial charge >= 0.3 is 5.97 Å². The highest BCUT2D eigenvalue weighted by atomic mass is 16.4. The highest BCUT2D eigenvalue weighted by molar-refractivity contribution is 5.88. The van der Waals surface area contributed by atoms with E-state index >= 15 is 0 Å². The molecule has 3 heteroatoms. The maximum Gasteiger partial charge on any atom is 0.335 e. The third-order valence-electron chi connectivity index (χ3n) is 4.16. The Morgan fingerprint density at radius 2 is 2.16 bits per heavy atom. The monoisotopic (exact) mass is 261 g/mol. The van der Waals surface area contributed by atoms with Gasteiger partial charge in [0.15, 0.2) is 0 Å². The Labute approximate surface area is 115 Å². The summed E-state index contributed by atoms with van der Waals surface area (Å²) in [6.45, 7) is 6.93. The van der Waals surface area contributed by atoms with Gasteiger partial charge in [0.2, 0.25) is 0 Å². The van der Waals surface area contributed by atoms with Gasteiger partial charge in [-0.25, -0.2) is 4.79 Å². The second-order valence-corrected chi connectivity index (χ2v) is 6.52. The zero-order valence-electron chi connectivity index (χ0n) is 11.9. The van der Waals surface area contributed by atoms with E-state index in [0.29, 0.717) is 22.9 Å². The molecule has 1 aliphatic carbocycles. The van der Waals surface area contributed by atoms with Crippen molar-refractivity contribution in [2.45, 2.75) is 46.1 Å². The van der Waals surface area contributed by atoms with Crippen molar-refractivity contribution in [1.29, 1.82) is 0 Å². The molecule has 2 atom stereocenters. The van der Waals surface area contributed by atoms with Crippen LogP contribution in [0.25, 0.3) is 0 Å². The average molecular weight is 261 g/mol. The fraction of sp³-hybridized carbons (Fsp3) is 0.562. The summed E-state index contributed by atoms with van der Waals surface area (Å²) in [5, 5.41) is 12.5. The molecular formula is C16H23NO2. The minimum Gasteiger partial charge on any atom is -0.478 e. The first-order chi connectivity index (χ1) is 8.87. The summed E-state index contributed by atoms with van der Waals surface area (Å²) >= 11 is 0. The summed E-state index contributed by atoms with van der Waals surface area (Å²) in [4.78, 5) is 11.0. The first kappa shape index (κ1) is 13.9. The molecule has 2 unspecified atom stereocenters. The van der Waals surface area contributed by atoms with Crippen molar-refractivity contribution in [3.63, 3.8) is 0 Å². The van der Waals surface area contributed by atoms with E-state index in [-0.39, 0.29) is 0 Å². The van der Waals surface area contributed by atoms with Crippen molar-refractivity contribution in [1.82, 2.24) is 0 Å². The van der Waals surface area contributed by atoms with Crippen molar-refractivity contribution in [2.75, 3.05) is 5.32 Å². The number of hydrogen-bond acceptors (Lipinski definition) is 2. The molecule has 0 aromatic heterocycles. The van der Waals surface area contributed by atoms with Gasteiger partial charge in [-0.2, -0.15) is 0 Å². The number of rotatable bonds is 3. The second-order valence-electron chi connectivity index (χ2n) is 6.52. The lowest BCUT2D eigenvalue weighted by atomic mass is 9.70. The van der Waals surface area contributed by atoms with Gasteiger partial charge in [0.25, 0.3) is 0 Å². The summed E-state index contributed by atoms with van der Waals surface area (Å²) in [6, 6.07) is 7.52. The van der Waals surface area contributed by atoms with Gasteiger partial charge < -0.3 is 10.4 Å². The third-order valence-corrected chi connectivity index (χ3v) is 4.16. The van der Waals surface area contributed by atoms with Crippen molar-refractivity contribution < 1.29 is 9.90 Å². The van der Waals surface area contributed by atoms with E-state index in [1.807, 2.05) is 6.07 Å². The Morgan fingerprint density at radius 1 is 1.42 bits per heavy atom. The number of nitrogens with one attached hydrogen (secondary N) is 1. The van der Waals surface area contributed by atoms with E-state index in [1.165, 1.54) is 12.8 Å². The number of benzene rings is 1. The van der Waals surface area contributed by atoms with Crippen LogP contribution in [0.1, 0.15) is 50.4 Å². The van der Waals surface area contributed by atoms with E-state index in [1.54, 1.807) is 18.2 Å². The Balaban J connectivity index is 2.05. The molecule has 2 rings (SSSR count). The SMILES string of the molecule is CC1CC(C)(C)CCC1Nc1cccc(C(=O)O)c1. The van der Waals surface area contributed by atoms with Gasteiger partial charge in [-0.3, -0.25) is 0 Å². The predicted molar refractivity (Wildman–Crippen MR) is 77.6 cm³/mol. The normalized spacial score (nSPS) is 25.8. The van der Waals surface area contributed by atoms with Crippen LogP contribution in [-0.2, 0) is 0 Å². The van der Waals surface area contributed by atoms with Crippen LogP contribution in [0.2, 0.25) is 0 Å². The molecule has 1 fully saturated rings. The van der Waals surface area contributed by atoms with Crippen LogP contribution in [0.4, 0.5) is 5.69 Å². The average Bonchev–Trinajstić information content (AvgIpc) is 2.32. The molecule has 0 spiro atoms. The van der Waals surface area contributed by atoms with Crippen molar-refractivity contribution >= 4 is 11.7 Å². The van der Waals surface area contributed by atoms with E-state index in [0.717, 1.165) is 12.1 Å². The number of carboxylic acids is 1. The maximum atomic E-state index is 11.0. The smallest absolute Gasteiger partial charge is 0.335 e. The summed E-state index contributed by atoms with van der Waals surface area (Å²) in [7, 11) is 0. The summed E-state index contributed by atoms with van der Waals surface area (Å²) in [6.07, 6.45) is 3.57. The Hall–Kier alpha value is -1.51. The lowest BCUT2D eigenvalue weighted by molar-refractivity contribution is 0.0697. The Kier molecular flexibility index (Phi) is 3.83. The molecule has 0 bridgehead atoms. The lowest BCUT2D eigenvalue weighted by Gasteiger charge is -2.40. The molecule has 1 saturated carbocycles. The molecule has 1 aliphatic rings. The van der Waals surface area contributed by atoms with Gasteiger partial charge in [0.05, 0.1) is 5.56 Å². The second kappa shape index (κ2) is 5.24. The highest BCUT2D eigenvalue weighted by Crippen LogP contribution is 2.39. The first-order valence-corrected chi connectivity index (χ1v) is 6.97. The van der Waals surface area contributed by atoms with Gasteiger partial charge in [0, 0.05) is 11.7 Å². The van der Waals surface area contributed by atoms with Gasteiger partial charge in [-0.05, 0) is 48.8 Å². The van der Waals surface area contributed by atoms with Crippen molar-refractivity contribution in [3.05, 3.63) is 29.8 Å². The topological polar surface area (TPSA) is 49.3 Å². The van der Waals surface area contributed by atoms with E-state index < -0.39 is 5.97 Å². The fourth-order valence-electron chi connectivity index (χ4n) is 3.12. The predicted octanol–water partition coefficient (Wildman–Crippen LogP) is 4.01. The zero-order valence-corrected chi connectivity index (χ0v) is 11.9. The maximum absolute atomic E-state index is 11.0. The van der Waals surface area contributed by atoms with Crippen LogP contribution >= 0.6 is 0 Å². The van der Waals surface area contributed by atoms with Crippen LogP contribution < -0.4 is 5.32 Å². The van der Waals surface area contributed by atoms with Crippen LogP contribution in [0, 0.1) is 11.3 Å². The summed E-state index contributed by atoms with van der Waals surface area (Å²) in [5.74, 6) is -0.265. The number of hydrogen-bond donors (Lipinski definition) is 2. The molecular weight excluding hydrogens is 238 g/mol. The van der Waals surface area contributed by atoms with Gasteiger partial charge in [-0.15, -0.1) is 0 Å². The molecule has 0 saturated heterocycles. The first-order valence-electron chi connectivity index (χ1n) is 6.97. The standard InChI is InChI=1S/C16H23NO2/c1-11-10-16(2,3)8-7-14(11)17-13-6-4-5-12(9-13)15(18)19/h4-6,9,11,14,17H,7-8,10H2,1-3H3,(H,18,19). The fourth-order valence-corrected chi connectivity index (χ4v) is 3.12. The van der Waals surface area contributed by atoms with E-state index in [4.69, 9.17) is 5.11 Å². The molecule has 0 heterocycles. The third kappa shape index (κ3) is 3.49. The summed E-state index contributed by atoms with van der Waals surface area (Å²) < 4.78 is 0. The minimum atomic E-state index is -0.874. The Bertz CT molecular complexity index is 468. The molecule has 0 aliphatic heterocycles. The highest BCUT2D eigenvalue weighted by Gasteiger charge is 2.32. The zero-order chi connectivity index (χ0) is 14.0. The molecule has 19 heavy (non-hydrogen) atoms. The van der Waals surface area contributed by atoms with Crippen molar-refractivity contribution in [2.24, 2.45) is 11.3 Å². The van der Waals surface area contributed by atoms with Crippen LogP contribution in [-0.4, -0.2) is 17.1 Å².